The Hall–Kier alpha value is 0.310. The average molecular weight is 188 g/mol. The van der Waals surface area contributed by atoms with E-state index in [1.165, 1.54) is 32.1 Å². The number of ether oxygens (including phenoxy) is 1. The van der Waals surface area contributed by atoms with E-state index in [0.717, 1.165) is 19.0 Å². The zero-order valence-corrected chi connectivity index (χ0v) is 8.91. The van der Waals surface area contributed by atoms with Gasteiger partial charge in [0.1, 0.15) is 0 Å². The van der Waals surface area contributed by atoms with Gasteiger partial charge in [0.25, 0.3) is 0 Å². The van der Waals surface area contributed by atoms with Crippen molar-refractivity contribution in [3.8, 4) is 0 Å². The maximum absolute atomic E-state index is 5.52. The number of hydrogen-bond acceptors (Lipinski definition) is 2. The minimum atomic E-state index is 0.414. The van der Waals surface area contributed by atoms with E-state index in [1.54, 1.807) is 0 Å². The van der Waals surface area contributed by atoms with Gasteiger partial charge in [-0.15, -0.1) is 0 Å². The predicted molar refractivity (Wildman–Crippen MR) is 55.9 cm³/mol. The first-order valence-electron chi connectivity index (χ1n) is 5.01. The van der Waals surface area contributed by atoms with Crippen molar-refractivity contribution in [1.82, 2.24) is 0 Å². The summed E-state index contributed by atoms with van der Waals surface area (Å²) in [5.74, 6) is 0.993. The zero-order chi connectivity index (χ0) is 8.86. The van der Waals surface area contributed by atoms with E-state index in [0.29, 0.717) is 5.41 Å². The van der Waals surface area contributed by atoms with Crippen molar-refractivity contribution in [1.29, 1.82) is 0 Å². The van der Waals surface area contributed by atoms with E-state index in [9.17, 15) is 0 Å². The first-order valence-corrected chi connectivity index (χ1v) is 5.65. The van der Waals surface area contributed by atoms with Crippen molar-refractivity contribution in [2.75, 3.05) is 19.0 Å². The lowest BCUT2D eigenvalue weighted by atomic mass is 9.76. The summed E-state index contributed by atoms with van der Waals surface area (Å²) >= 11 is 4.44. The van der Waals surface area contributed by atoms with E-state index in [4.69, 9.17) is 4.74 Å². The van der Waals surface area contributed by atoms with Crippen LogP contribution in [-0.4, -0.2) is 19.0 Å². The zero-order valence-electron chi connectivity index (χ0n) is 8.01. The Morgan fingerprint density at radius 3 is 2.42 bits per heavy atom. The van der Waals surface area contributed by atoms with Gasteiger partial charge in [-0.2, -0.15) is 12.6 Å². The molecule has 0 unspecified atom stereocenters. The Labute approximate surface area is 81.3 Å². The first-order chi connectivity index (χ1) is 5.83. The predicted octanol–water partition coefficient (Wildman–Crippen LogP) is 2.90. The third-order valence-corrected chi connectivity index (χ3v) is 3.53. The molecule has 1 aliphatic carbocycles. The van der Waals surface area contributed by atoms with Crippen LogP contribution in [-0.2, 0) is 4.74 Å². The maximum atomic E-state index is 5.52. The molecule has 0 heterocycles. The molecule has 1 fully saturated rings. The van der Waals surface area contributed by atoms with Crippen molar-refractivity contribution >= 4 is 12.6 Å². The van der Waals surface area contributed by atoms with Crippen molar-refractivity contribution < 1.29 is 4.74 Å². The second-order valence-electron chi connectivity index (χ2n) is 3.86. The molecule has 2 heteroatoms. The second-order valence-corrected chi connectivity index (χ2v) is 4.17. The fourth-order valence-electron chi connectivity index (χ4n) is 1.97. The molecule has 1 saturated carbocycles. The quantitative estimate of drug-likeness (QED) is 0.667. The number of rotatable bonds is 4. The number of thiol groups is 1. The summed E-state index contributed by atoms with van der Waals surface area (Å²) in [5.41, 5.74) is 0.414. The fraction of sp³-hybridized carbons (Fsp3) is 1.00. The monoisotopic (exact) mass is 188 g/mol. The molecule has 0 aromatic carbocycles. The third-order valence-electron chi connectivity index (χ3n) is 2.86. The van der Waals surface area contributed by atoms with Gasteiger partial charge in [-0.05, 0) is 25.5 Å². The lowest BCUT2D eigenvalue weighted by molar-refractivity contribution is 0.0411. The first kappa shape index (κ1) is 10.4. The molecule has 0 saturated heterocycles. The Morgan fingerprint density at radius 1 is 1.25 bits per heavy atom. The molecule has 0 atom stereocenters. The Balaban J connectivity index is 2.37. The fourth-order valence-corrected chi connectivity index (χ4v) is 2.38. The second kappa shape index (κ2) is 5.13. The van der Waals surface area contributed by atoms with E-state index in [-0.39, 0.29) is 0 Å². The van der Waals surface area contributed by atoms with Crippen LogP contribution in [0.3, 0.4) is 0 Å². The Bertz CT molecular complexity index is 119. The van der Waals surface area contributed by atoms with Crippen LogP contribution in [0, 0.1) is 5.41 Å². The molecule has 0 aromatic rings. The summed E-state index contributed by atoms with van der Waals surface area (Å²) < 4.78 is 5.52. The van der Waals surface area contributed by atoms with Gasteiger partial charge in [-0.3, -0.25) is 0 Å². The molecule has 0 N–H and O–H groups in total. The molecule has 1 nitrogen and oxygen atoms in total. The van der Waals surface area contributed by atoms with E-state index < -0.39 is 0 Å². The summed E-state index contributed by atoms with van der Waals surface area (Å²) in [6.07, 6.45) is 6.77. The molecule has 0 radical (unpaired) electrons. The van der Waals surface area contributed by atoms with Crippen LogP contribution < -0.4 is 0 Å². The molecule has 12 heavy (non-hydrogen) atoms. The van der Waals surface area contributed by atoms with Crippen LogP contribution in [0.1, 0.15) is 39.0 Å². The third kappa shape index (κ3) is 2.67. The summed E-state index contributed by atoms with van der Waals surface area (Å²) in [7, 11) is 0. The largest absolute Gasteiger partial charge is 0.381 e. The van der Waals surface area contributed by atoms with Crippen LogP contribution in [0.25, 0.3) is 0 Å². The van der Waals surface area contributed by atoms with Crippen LogP contribution in [0.4, 0.5) is 0 Å². The van der Waals surface area contributed by atoms with Crippen molar-refractivity contribution in [2.24, 2.45) is 5.41 Å². The molecule has 1 aliphatic rings. The lowest BCUT2D eigenvalue weighted by Gasteiger charge is -2.35. The van der Waals surface area contributed by atoms with Gasteiger partial charge in [0.2, 0.25) is 0 Å². The van der Waals surface area contributed by atoms with Crippen molar-refractivity contribution in [3.63, 3.8) is 0 Å². The number of hydrogen-bond donors (Lipinski definition) is 1. The van der Waals surface area contributed by atoms with Gasteiger partial charge < -0.3 is 4.74 Å². The van der Waals surface area contributed by atoms with Crippen LogP contribution in [0.5, 0.6) is 0 Å². The highest BCUT2D eigenvalue weighted by Gasteiger charge is 2.30. The topological polar surface area (TPSA) is 9.23 Å². The maximum Gasteiger partial charge on any atom is 0.0530 e. The SMILES string of the molecule is CCOCC1(CS)CCCCC1. The normalized spacial score (nSPS) is 22.5. The summed E-state index contributed by atoms with van der Waals surface area (Å²) in [6, 6.07) is 0. The van der Waals surface area contributed by atoms with Crippen LogP contribution in [0.15, 0.2) is 0 Å². The van der Waals surface area contributed by atoms with Gasteiger partial charge in [-0.25, -0.2) is 0 Å². The Kier molecular flexibility index (Phi) is 4.44. The molecule has 0 aliphatic heterocycles. The Morgan fingerprint density at radius 2 is 1.92 bits per heavy atom. The molecule has 72 valence electrons. The van der Waals surface area contributed by atoms with Gasteiger partial charge in [0.15, 0.2) is 0 Å². The van der Waals surface area contributed by atoms with Crippen LogP contribution in [0.2, 0.25) is 0 Å². The highest BCUT2D eigenvalue weighted by Crippen LogP contribution is 2.37. The molecular weight excluding hydrogens is 168 g/mol. The average Bonchev–Trinajstić information content (AvgIpc) is 2.16. The van der Waals surface area contributed by atoms with Crippen LogP contribution >= 0.6 is 12.6 Å². The minimum absolute atomic E-state index is 0.414. The molecule has 1 rings (SSSR count). The summed E-state index contributed by atoms with van der Waals surface area (Å²) in [6.45, 7) is 3.83. The highest BCUT2D eigenvalue weighted by atomic mass is 32.1. The molecular formula is C10H20OS. The summed E-state index contributed by atoms with van der Waals surface area (Å²) in [5, 5.41) is 0. The van der Waals surface area contributed by atoms with Gasteiger partial charge in [-0.1, -0.05) is 19.3 Å². The van der Waals surface area contributed by atoms with Crippen molar-refractivity contribution in [3.05, 3.63) is 0 Å². The molecule has 0 bridgehead atoms. The van der Waals surface area contributed by atoms with Gasteiger partial charge in [0, 0.05) is 12.0 Å². The lowest BCUT2D eigenvalue weighted by Crippen LogP contribution is -2.31. The van der Waals surface area contributed by atoms with E-state index >= 15 is 0 Å². The van der Waals surface area contributed by atoms with Gasteiger partial charge in [0.05, 0.1) is 6.61 Å². The molecule has 0 amide bonds. The van der Waals surface area contributed by atoms with Gasteiger partial charge >= 0.3 is 0 Å². The summed E-state index contributed by atoms with van der Waals surface area (Å²) in [4.78, 5) is 0. The molecule has 0 aromatic heterocycles. The standard InChI is InChI=1S/C10H20OS/c1-2-11-8-10(9-12)6-4-3-5-7-10/h12H,2-9H2,1H3. The highest BCUT2D eigenvalue weighted by molar-refractivity contribution is 7.80. The van der Waals surface area contributed by atoms with E-state index in [1.807, 2.05) is 0 Å². The smallest absolute Gasteiger partial charge is 0.0530 e. The van der Waals surface area contributed by atoms with E-state index in [2.05, 4.69) is 19.6 Å². The minimum Gasteiger partial charge on any atom is -0.381 e. The molecule has 0 spiro atoms. The van der Waals surface area contributed by atoms with Crippen molar-refractivity contribution in [2.45, 2.75) is 39.0 Å².